The zero-order valence-corrected chi connectivity index (χ0v) is 15.2. The molecule has 2 fully saturated rings. The SMILES string of the molecule is COc1cccc(C2CCN2Cc2cc(CN3CCCC3)cs2)c1. The summed E-state index contributed by atoms with van der Waals surface area (Å²) in [5, 5.41) is 2.36. The summed E-state index contributed by atoms with van der Waals surface area (Å²) in [4.78, 5) is 6.66. The van der Waals surface area contributed by atoms with E-state index in [1.165, 1.54) is 54.9 Å². The lowest BCUT2D eigenvalue weighted by Crippen LogP contribution is -2.39. The average molecular weight is 343 g/mol. The van der Waals surface area contributed by atoms with E-state index in [-0.39, 0.29) is 0 Å². The zero-order chi connectivity index (χ0) is 16.4. The second kappa shape index (κ2) is 7.26. The van der Waals surface area contributed by atoms with E-state index in [1.54, 1.807) is 7.11 Å². The summed E-state index contributed by atoms with van der Waals surface area (Å²) in [5.41, 5.74) is 2.88. The average Bonchev–Trinajstić information content (AvgIpc) is 3.24. The highest BCUT2D eigenvalue weighted by molar-refractivity contribution is 7.10. The molecule has 0 bridgehead atoms. The number of nitrogens with zero attached hydrogens (tertiary/aromatic N) is 2. The molecule has 1 atom stereocenters. The predicted octanol–water partition coefficient (Wildman–Crippen LogP) is 4.30. The van der Waals surface area contributed by atoms with Crippen LogP contribution in [0, 0.1) is 0 Å². The molecule has 1 unspecified atom stereocenters. The first-order valence-corrected chi connectivity index (χ1v) is 9.86. The number of likely N-dealkylation sites (tertiary alicyclic amines) is 2. The second-order valence-corrected chi connectivity index (χ2v) is 7.95. The fraction of sp³-hybridized carbons (Fsp3) is 0.500. The van der Waals surface area contributed by atoms with Crippen LogP contribution < -0.4 is 4.74 Å². The van der Waals surface area contributed by atoms with Gasteiger partial charge in [0, 0.05) is 30.6 Å². The number of rotatable bonds is 6. The topological polar surface area (TPSA) is 15.7 Å². The Morgan fingerprint density at radius 3 is 2.75 bits per heavy atom. The highest BCUT2D eigenvalue weighted by atomic mass is 32.1. The first-order valence-electron chi connectivity index (χ1n) is 8.98. The van der Waals surface area contributed by atoms with E-state index in [1.807, 2.05) is 17.4 Å². The largest absolute Gasteiger partial charge is 0.497 e. The molecule has 0 N–H and O–H groups in total. The molecular weight excluding hydrogens is 316 g/mol. The van der Waals surface area contributed by atoms with Crippen molar-refractivity contribution in [3.05, 3.63) is 51.7 Å². The molecule has 24 heavy (non-hydrogen) atoms. The minimum atomic E-state index is 0.546. The van der Waals surface area contributed by atoms with Crippen LogP contribution in [-0.2, 0) is 13.1 Å². The minimum absolute atomic E-state index is 0.546. The van der Waals surface area contributed by atoms with Crippen molar-refractivity contribution in [3.8, 4) is 5.75 Å². The van der Waals surface area contributed by atoms with E-state index in [0.717, 1.165) is 18.8 Å². The maximum Gasteiger partial charge on any atom is 0.119 e. The van der Waals surface area contributed by atoms with Crippen molar-refractivity contribution in [3.63, 3.8) is 0 Å². The summed E-state index contributed by atoms with van der Waals surface area (Å²) >= 11 is 1.92. The Morgan fingerprint density at radius 1 is 1.12 bits per heavy atom. The van der Waals surface area contributed by atoms with Gasteiger partial charge >= 0.3 is 0 Å². The zero-order valence-electron chi connectivity index (χ0n) is 14.4. The molecule has 4 rings (SSSR count). The second-order valence-electron chi connectivity index (χ2n) is 6.96. The molecule has 4 heteroatoms. The monoisotopic (exact) mass is 342 g/mol. The quantitative estimate of drug-likeness (QED) is 0.778. The van der Waals surface area contributed by atoms with Gasteiger partial charge < -0.3 is 4.74 Å². The summed E-state index contributed by atoms with van der Waals surface area (Å²) in [6.07, 6.45) is 3.99. The van der Waals surface area contributed by atoms with E-state index in [4.69, 9.17) is 4.74 Å². The molecule has 0 amide bonds. The van der Waals surface area contributed by atoms with E-state index in [2.05, 4.69) is 39.4 Å². The maximum atomic E-state index is 5.37. The van der Waals surface area contributed by atoms with E-state index < -0.39 is 0 Å². The van der Waals surface area contributed by atoms with Crippen LogP contribution >= 0.6 is 11.3 Å². The highest BCUT2D eigenvalue weighted by Crippen LogP contribution is 2.36. The van der Waals surface area contributed by atoms with Gasteiger partial charge in [0.1, 0.15) is 5.75 Å². The van der Waals surface area contributed by atoms with Gasteiger partial charge in [-0.1, -0.05) is 12.1 Å². The molecule has 2 saturated heterocycles. The Morgan fingerprint density at radius 2 is 2.00 bits per heavy atom. The molecule has 0 aliphatic carbocycles. The summed E-state index contributed by atoms with van der Waals surface area (Å²) in [6.45, 7) is 5.95. The molecular formula is C20H26N2OS. The minimum Gasteiger partial charge on any atom is -0.497 e. The Labute approximate surface area is 148 Å². The van der Waals surface area contributed by atoms with Crippen molar-refractivity contribution in [2.24, 2.45) is 0 Å². The van der Waals surface area contributed by atoms with Gasteiger partial charge in [0.05, 0.1) is 7.11 Å². The predicted molar refractivity (Wildman–Crippen MR) is 99.6 cm³/mol. The number of hydrogen-bond acceptors (Lipinski definition) is 4. The van der Waals surface area contributed by atoms with Crippen molar-refractivity contribution < 1.29 is 4.74 Å². The summed E-state index contributed by atoms with van der Waals surface area (Å²) in [7, 11) is 1.74. The standard InChI is InChI=1S/C20H26N2OS/c1-23-18-6-4-5-17(12-18)20-7-10-22(20)14-19-11-16(15-24-19)13-21-8-2-3-9-21/h4-6,11-12,15,20H,2-3,7-10,13-14H2,1H3. The van der Waals surface area contributed by atoms with Crippen LogP contribution in [0.3, 0.4) is 0 Å². The molecule has 2 aromatic rings. The molecule has 0 radical (unpaired) electrons. The molecule has 128 valence electrons. The van der Waals surface area contributed by atoms with Gasteiger partial charge in [-0.25, -0.2) is 0 Å². The van der Waals surface area contributed by atoms with Gasteiger partial charge in [0.25, 0.3) is 0 Å². The normalized spacial score (nSPS) is 21.8. The van der Waals surface area contributed by atoms with Crippen LogP contribution in [0.15, 0.2) is 35.7 Å². The number of methoxy groups -OCH3 is 1. The van der Waals surface area contributed by atoms with E-state index in [9.17, 15) is 0 Å². The molecule has 2 aliphatic heterocycles. The lowest BCUT2D eigenvalue weighted by Gasteiger charge is -2.41. The summed E-state index contributed by atoms with van der Waals surface area (Å²) in [6, 6.07) is 11.5. The van der Waals surface area contributed by atoms with Crippen LogP contribution in [0.1, 0.15) is 41.3 Å². The number of ether oxygens (including phenoxy) is 1. The Balaban J connectivity index is 1.37. The van der Waals surface area contributed by atoms with Crippen LogP contribution in [0.2, 0.25) is 0 Å². The van der Waals surface area contributed by atoms with Crippen molar-refractivity contribution in [2.75, 3.05) is 26.7 Å². The smallest absolute Gasteiger partial charge is 0.119 e. The van der Waals surface area contributed by atoms with Crippen LogP contribution in [0.4, 0.5) is 0 Å². The molecule has 2 aliphatic rings. The van der Waals surface area contributed by atoms with Crippen LogP contribution in [0.25, 0.3) is 0 Å². The first kappa shape index (κ1) is 16.1. The Bertz CT molecular complexity index is 678. The van der Waals surface area contributed by atoms with Crippen molar-refractivity contribution in [1.29, 1.82) is 0 Å². The molecule has 1 aromatic carbocycles. The third-order valence-corrected chi connectivity index (χ3v) is 6.25. The summed E-state index contributed by atoms with van der Waals surface area (Å²) in [5.74, 6) is 0.961. The van der Waals surface area contributed by atoms with Gasteiger partial charge in [-0.2, -0.15) is 0 Å². The number of thiophene rings is 1. The lowest BCUT2D eigenvalue weighted by molar-refractivity contribution is 0.0829. The van der Waals surface area contributed by atoms with Gasteiger partial charge in [0.2, 0.25) is 0 Å². The highest BCUT2D eigenvalue weighted by Gasteiger charge is 2.29. The van der Waals surface area contributed by atoms with Crippen LogP contribution in [-0.4, -0.2) is 36.5 Å². The maximum absolute atomic E-state index is 5.37. The van der Waals surface area contributed by atoms with E-state index >= 15 is 0 Å². The van der Waals surface area contributed by atoms with Gasteiger partial charge in [0.15, 0.2) is 0 Å². The number of benzene rings is 1. The van der Waals surface area contributed by atoms with Crippen molar-refractivity contribution in [2.45, 2.75) is 38.4 Å². The Kier molecular flexibility index (Phi) is 4.88. The van der Waals surface area contributed by atoms with Crippen molar-refractivity contribution >= 4 is 11.3 Å². The number of hydrogen-bond donors (Lipinski definition) is 0. The van der Waals surface area contributed by atoms with Crippen LogP contribution in [0.5, 0.6) is 5.75 Å². The first-order chi connectivity index (χ1) is 11.8. The van der Waals surface area contributed by atoms with E-state index in [0.29, 0.717) is 6.04 Å². The van der Waals surface area contributed by atoms with Gasteiger partial charge in [-0.3, -0.25) is 9.80 Å². The third kappa shape index (κ3) is 3.51. The Hall–Kier alpha value is -1.36. The van der Waals surface area contributed by atoms with Gasteiger partial charge in [-0.05, 0) is 67.1 Å². The summed E-state index contributed by atoms with van der Waals surface area (Å²) < 4.78 is 5.37. The third-order valence-electron chi connectivity index (χ3n) is 5.28. The molecule has 3 heterocycles. The van der Waals surface area contributed by atoms with Gasteiger partial charge in [-0.15, -0.1) is 11.3 Å². The molecule has 3 nitrogen and oxygen atoms in total. The fourth-order valence-electron chi connectivity index (χ4n) is 3.85. The molecule has 1 aromatic heterocycles. The molecule has 0 saturated carbocycles. The molecule has 0 spiro atoms. The fourth-order valence-corrected chi connectivity index (χ4v) is 4.75. The lowest BCUT2D eigenvalue weighted by atomic mass is 9.94. The van der Waals surface area contributed by atoms with Crippen molar-refractivity contribution in [1.82, 2.24) is 9.80 Å².